The second kappa shape index (κ2) is 6.32. The number of quaternary nitrogens is 1. The van der Waals surface area contributed by atoms with Gasteiger partial charge in [0.05, 0.1) is 27.2 Å². The Labute approximate surface area is 149 Å². The molecule has 0 aromatic heterocycles. The number of hydrogen-bond donors (Lipinski definition) is 0. The van der Waals surface area contributed by atoms with Gasteiger partial charge in [0.2, 0.25) is 0 Å². The summed E-state index contributed by atoms with van der Waals surface area (Å²) in [4.78, 5) is 0. The molecule has 1 unspecified atom stereocenters. The van der Waals surface area contributed by atoms with E-state index in [4.69, 9.17) is 4.74 Å². The third-order valence-electron chi connectivity index (χ3n) is 5.82. The zero-order valence-electron chi connectivity index (χ0n) is 14.9. The van der Waals surface area contributed by atoms with Crippen LogP contribution in [0, 0.1) is 11.1 Å². The van der Waals surface area contributed by atoms with E-state index >= 15 is 0 Å². The number of ether oxygens (including phenoxy) is 1. The molecule has 2 aliphatic rings. The van der Waals surface area contributed by atoms with Gasteiger partial charge in [0.15, 0.2) is 0 Å². The lowest BCUT2D eigenvalue weighted by Gasteiger charge is -2.46. The number of benzene rings is 2. The molecule has 1 fully saturated rings. The Bertz CT molecular complexity index is 799. The zero-order valence-corrected chi connectivity index (χ0v) is 14.9. The molecular weight excluding hydrogens is 310 g/mol. The van der Waals surface area contributed by atoms with Crippen molar-refractivity contribution in [3.05, 3.63) is 69.9 Å². The maximum absolute atomic E-state index is 12.3. The zero-order chi connectivity index (χ0) is 17.4. The average molecular weight is 335 g/mol. The number of piperidine rings is 1. The largest absolute Gasteiger partial charge is 0.633 e. The summed E-state index contributed by atoms with van der Waals surface area (Å²) in [5, 5.41) is 12.3. The van der Waals surface area contributed by atoms with Gasteiger partial charge in [-0.3, -0.25) is 0 Å². The second-order valence-electron chi connectivity index (χ2n) is 7.52. The number of likely N-dealkylation sites (tertiary alicyclic amines) is 1. The average Bonchev–Trinajstić information content (AvgIpc) is 2.78. The van der Waals surface area contributed by atoms with Gasteiger partial charge in [0.25, 0.3) is 0 Å². The molecule has 1 heterocycles. The van der Waals surface area contributed by atoms with Gasteiger partial charge in [-0.2, -0.15) is 0 Å². The molecule has 3 nitrogen and oxygen atoms in total. The minimum atomic E-state index is -0.103. The lowest BCUT2D eigenvalue weighted by Crippen LogP contribution is -2.45. The SMILES string of the molecule is COc1ccc2c(c1)C(C1CC[N+](C)([O-])CC1)c1ccccc1C=C2. The molecule has 0 radical (unpaired) electrons. The Morgan fingerprint density at radius 2 is 1.64 bits per heavy atom. The normalized spacial score (nSPS) is 28.0. The van der Waals surface area contributed by atoms with Crippen LogP contribution < -0.4 is 4.74 Å². The molecule has 0 amide bonds. The van der Waals surface area contributed by atoms with Gasteiger partial charge in [-0.05, 0) is 40.3 Å². The van der Waals surface area contributed by atoms with Crippen LogP contribution in [0.2, 0.25) is 0 Å². The molecule has 1 atom stereocenters. The van der Waals surface area contributed by atoms with Gasteiger partial charge >= 0.3 is 0 Å². The third-order valence-corrected chi connectivity index (χ3v) is 5.82. The number of methoxy groups -OCH3 is 1. The molecule has 0 bridgehead atoms. The minimum absolute atomic E-state index is 0.103. The van der Waals surface area contributed by atoms with Crippen molar-refractivity contribution in [3.63, 3.8) is 0 Å². The highest BCUT2D eigenvalue weighted by molar-refractivity contribution is 5.77. The van der Waals surface area contributed by atoms with Crippen molar-refractivity contribution in [1.29, 1.82) is 0 Å². The highest BCUT2D eigenvalue weighted by Gasteiger charge is 2.34. The van der Waals surface area contributed by atoms with E-state index in [0.717, 1.165) is 18.6 Å². The van der Waals surface area contributed by atoms with Gasteiger partial charge in [0, 0.05) is 18.8 Å². The van der Waals surface area contributed by atoms with Crippen LogP contribution in [-0.2, 0) is 0 Å². The molecular formula is C22H25NO2. The van der Waals surface area contributed by atoms with Crippen LogP contribution in [0.15, 0.2) is 42.5 Å². The first-order chi connectivity index (χ1) is 12.1. The molecule has 130 valence electrons. The van der Waals surface area contributed by atoms with Gasteiger partial charge in [-0.1, -0.05) is 42.5 Å². The van der Waals surface area contributed by atoms with Crippen LogP contribution in [-0.4, -0.2) is 31.9 Å². The highest BCUT2D eigenvalue weighted by Crippen LogP contribution is 2.44. The Hall–Kier alpha value is -2.10. The highest BCUT2D eigenvalue weighted by atomic mass is 16.5. The lowest BCUT2D eigenvalue weighted by atomic mass is 9.74. The molecule has 0 saturated carbocycles. The summed E-state index contributed by atoms with van der Waals surface area (Å²) >= 11 is 0. The van der Waals surface area contributed by atoms with E-state index in [9.17, 15) is 5.21 Å². The number of rotatable bonds is 2. The van der Waals surface area contributed by atoms with Crippen molar-refractivity contribution in [3.8, 4) is 5.75 Å². The minimum Gasteiger partial charge on any atom is -0.633 e. The van der Waals surface area contributed by atoms with Gasteiger partial charge in [-0.25, -0.2) is 0 Å². The van der Waals surface area contributed by atoms with Gasteiger partial charge in [0.1, 0.15) is 5.75 Å². The summed E-state index contributed by atoms with van der Waals surface area (Å²) in [5.74, 6) is 1.71. The molecule has 2 aromatic carbocycles. The van der Waals surface area contributed by atoms with Crippen molar-refractivity contribution in [2.24, 2.45) is 5.92 Å². The third kappa shape index (κ3) is 3.10. The number of fused-ring (bicyclic) bond motifs is 2. The summed E-state index contributed by atoms with van der Waals surface area (Å²) in [6.45, 7) is 1.41. The first kappa shape index (κ1) is 16.4. The maximum Gasteiger partial charge on any atom is 0.119 e. The van der Waals surface area contributed by atoms with E-state index in [1.165, 1.54) is 22.3 Å². The van der Waals surface area contributed by atoms with Gasteiger partial charge < -0.3 is 14.6 Å². The maximum atomic E-state index is 12.3. The summed E-state index contributed by atoms with van der Waals surface area (Å²) in [6, 6.07) is 15.0. The first-order valence-electron chi connectivity index (χ1n) is 9.08. The smallest absolute Gasteiger partial charge is 0.119 e. The summed E-state index contributed by atoms with van der Waals surface area (Å²) in [7, 11) is 3.52. The molecule has 0 spiro atoms. The first-order valence-corrected chi connectivity index (χ1v) is 9.08. The topological polar surface area (TPSA) is 32.3 Å². The fraction of sp³-hybridized carbons (Fsp3) is 0.364. The predicted octanol–water partition coefficient (Wildman–Crippen LogP) is 4.67. The Morgan fingerprint density at radius 1 is 0.960 bits per heavy atom. The van der Waals surface area contributed by atoms with Crippen LogP contribution >= 0.6 is 0 Å². The molecule has 1 aliphatic heterocycles. The van der Waals surface area contributed by atoms with Crippen LogP contribution in [0.4, 0.5) is 0 Å². The van der Waals surface area contributed by atoms with Crippen LogP contribution in [0.25, 0.3) is 12.2 Å². The summed E-state index contributed by atoms with van der Waals surface area (Å²) < 4.78 is 5.40. The Morgan fingerprint density at radius 3 is 2.36 bits per heavy atom. The standard InChI is InChI=1S/C22H25NO2/c1-23(24)13-11-18(12-14-23)22-20-6-4-3-5-16(20)7-8-17-9-10-19(25-2)15-21(17)22/h3-10,15,18,22H,11-14H2,1-2H3. The van der Waals surface area contributed by atoms with Crippen molar-refractivity contribution < 1.29 is 9.38 Å². The van der Waals surface area contributed by atoms with E-state index in [-0.39, 0.29) is 4.65 Å². The number of hydrogen-bond acceptors (Lipinski definition) is 2. The van der Waals surface area contributed by atoms with E-state index in [1.807, 2.05) is 6.07 Å². The van der Waals surface area contributed by atoms with E-state index in [0.29, 0.717) is 24.9 Å². The van der Waals surface area contributed by atoms with Crippen LogP contribution in [0.5, 0.6) is 5.75 Å². The summed E-state index contributed by atoms with van der Waals surface area (Å²) in [6.07, 6.45) is 6.37. The fourth-order valence-corrected chi connectivity index (χ4v) is 4.37. The van der Waals surface area contributed by atoms with Crippen molar-refractivity contribution in [2.45, 2.75) is 18.8 Å². The Kier molecular flexibility index (Phi) is 4.14. The van der Waals surface area contributed by atoms with Gasteiger partial charge in [-0.15, -0.1) is 0 Å². The van der Waals surface area contributed by atoms with Crippen molar-refractivity contribution in [2.75, 3.05) is 27.2 Å². The van der Waals surface area contributed by atoms with Crippen molar-refractivity contribution >= 4 is 12.2 Å². The molecule has 3 heteroatoms. The summed E-state index contributed by atoms with van der Waals surface area (Å²) in [5.41, 5.74) is 5.24. The molecule has 1 saturated heterocycles. The number of hydroxylamine groups is 3. The monoisotopic (exact) mass is 335 g/mol. The Balaban J connectivity index is 1.82. The predicted molar refractivity (Wildman–Crippen MR) is 102 cm³/mol. The quantitative estimate of drug-likeness (QED) is 0.590. The van der Waals surface area contributed by atoms with E-state index < -0.39 is 0 Å². The molecule has 4 rings (SSSR count). The lowest BCUT2D eigenvalue weighted by molar-refractivity contribution is -0.867. The fourth-order valence-electron chi connectivity index (χ4n) is 4.37. The molecule has 0 N–H and O–H groups in total. The number of nitrogens with zero attached hydrogens (tertiary/aromatic N) is 1. The molecule has 1 aliphatic carbocycles. The van der Waals surface area contributed by atoms with Crippen molar-refractivity contribution in [1.82, 2.24) is 0 Å². The van der Waals surface area contributed by atoms with Crippen LogP contribution in [0.1, 0.15) is 41.0 Å². The molecule has 2 aromatic rings. The molecule has 25 heavy (non-hydrogen) atoms. The van der Waals surface area contributed by atoms with Crippen LogP contribution in [0.3, 0.4) is 0 Å². The van der Waals surface area contributed by atoms with E-state index in [2.05, 4.69) is 48.6 Å². The second-order valence-corrected chi connectivity index (χ2v) is 7.52. The van der Waals surface area contributed by atoms with E-state index in [1.54, 1.807) is 14.2 Å².